The molecule has 362 valence electrons. The summed E-state index contributed by atoms with van der Waals surface area (Å²) in [4.78, 5) is 14.7. The van der Waals surface area contributed by atoms with Crippen molar-refractivity contribution in [3.05, 3.63) is 58.2 Å². The number of carbonyl (C=O) groups excluding carboxylic acids is 1. The minimum Gasteiger partial charge on any atom is -0.461 e. The van der Waals surface area contributed by atoms with Crippen LogP contribution in [-0.2, 0) is 52.2 Å². The average molecular weight is 910 g/mol. The van der Waals surface area contributed by atoms with Crippen LogP contribution in [0.2, 0.25) is 0 Å². The molecule has 6 aliphatic heterocycles. The first-order chi connectivity index (χ1) is 31.0. The Labute approximate surface area is 385 Å². The highest BCUT2D eigenvalue weighted by Crippen LogP contribution is 2.56. The minimum atomic E-state index is -1.82. The average Bonchev–Trinajstić information content (AvgIpc) is 3.63. The lowest BCUT2D eigenvalue weighted by molar-refractivity contribution is -0.318. The molecule has 4 saturated heterocycles. The molecule has 11 unspecified atom stereocenters. The number of carbonyl (C=O) groups is 1. The third kappa shape index (κ3) is 8.30. The second-order valence-corrected chi connectivity index (χ2v) is 20.8. The van der Waals surface area contributed by atoms with Gasteiger partial charge >= 0.3 is 5.97 Å². The smallest absolute Gasteiger partial charge is 0.316 e. The van der Waals surface area contributed by atoms with Crippen molar-refractivity contribution in [3.8, 4) is 0 Å². The van der Waals surface area contributed by atoms with E-state index in [1.165, 1.54) is 5.57 Å². The Bertz CT molecular complexity index is 1950. The van der Waals surface area contributed by atoms with Crippen LogP contribution in [0.15, 0.2) is 58.2 Å². The van der Waals surface area contributed by atoms with Gasteiger partial charge in [-0.1, -0.05) is 69.6 Å². The molecule has 3 N–H and O–H groups in total. The zero-order valence-electron chi connectivity index (χ0n) is 40.3. The van der Waals surface area contributed by atoms with Crippen molar-refractivity contribution in [3.63, 3.8) is 0 Å². The number of methoxy groups -OCH3 is 2. The monoisotopic (exact) mass is 910 g/mol. The molecule has 9 rings (SSSR count). The number of aliphatic hydroxyl groups excluding tert-OH is 1. The fourth-order valence-corrected chi connectivity index (χ4v) is 13.1. The maximum Gasteiger partial charge on any atom is 0.316 e. The summed E-state index contributed by atoms with van der Waals surface area (Å²) in [5.41, 5.74) is 2.81. The Hall–Kier alpha value is -2.31. The number of ether oxygens (including phenoxy) is 10. The normalized spacial score (nSPS) is 50.5. The molecule has 0 aromatic carbocycles. The highest BCUT2D eigenvalue weighted by atomic mass is 16.7. The van der Waals surface area contributed by atoms with Gasteiger partial charge in [0.1, 0.15) is 35.9 Å². The van der Waals surface area contributed by atoms with Crippen LogP contribution in [0.4, 0.5) is 0 Å². The van der Waals surface area contributed by atoms with Crippen LogP contribution in [-0.4, -0.2) is 141 Å². The zero-order valence-corrected chi connectivity index (χ0v) is 40.3. The Morgan fingerprint density at radius 1 is 0.954 bits per heavy atom. The summed E-state index contributed by atoms with van der Waals surface area (Å²) < 4.78 is 65.8. The molecular weight excluding hydrogens is 835 g/mol. The van der Waals surface area contributed by atoms with Crippen LogP contribution in [0, 0.1) is 35.5 Å². The number of hydrogen-bond donors (Lipinski definition) is 3. The summed E-state index contributed by atoms with van der Waals surface area (Å²) in [5.74, 6) is -2.49. The van der Waals surface area contributed by atoms with E-state index in [4.69, 9.17) is 47.4 Å². The fourth-order valence-electron chi connectivity index (χ4n) is 13.1. The number of aliphatic hydroxyl groups is 2. The van der Waals surface area contributed by atoms with Crippen molar-refractivity contribution in [1.29, 1.82) is 0 Å². The van der Waals surface area contributed by atoms with Crippen molar-refractivity contribution in [2.45, 2.75) is 191 Å². The van der Waals surface area contributed by atoms with Gasteiger partial charge in [-0.2, -0.15) is 0 Å². The van der Waals surface area contributed by atoms with Gasteiger partial charge in [-0.15, -0.1) is 0 Å². The second kappa shape index (κ2) is 18.5. The van der Waals surface area contributed by atoms with E-state index < -0.39 is 60.3 Å². The standard InChI is InChI=1S/C51H75NO13/c1-12-24(2)45-25(3)15-16-50(65-45)22-40-35-18-34-32(14-13-31-23-58-48-44(53)26(4)17-36(49(54)61-40)51(31,48)55)27(5)46(28(6)33(34)19-37(35)64-50)62-42-21-39(57-11)47(30(8)60-42)63-41-20-38(56-10)43(52-9)29(7)59-41/h13-17,24-25,27,29-30,34-48,52-53,55H,12,18-23H2,1-11H3/b31-13+,32-14-/t24?,25?,27-,29?,30?,34?,35?,36-,37?,38+,39+,40+,41-,42-,43+,44+,45?,46-,47-,48?,50?,51?/m0/s1. The van der Waals surface area contributed by atoms with E-state index in [0.717, 1.165) is 17.6 Å². The van der Waals surface area contributed by atoms with Gasteiger partial charge in [-0.05, 0) is 76.3 Å². The molecule has 0 radical (unpaired) electrons. The van der Waals surface area contributed by atoms with Crippen LogP contribution in [0.5, 0.6) is 0 Å². The number of rotatable bonds is 9. The number of nitrogens with one attached hydrogen (secondary N) is 1. The van der Waals surface area contributed by atoms with E-state index in [1.54, 1.807) is 27.2 Å². The van der Waals surface area contributed by atoms with Gasteiger partial charge in [-0.3, -0.25) is 4.79 Å². The van der Waals surface area contributed by atoms with Crippen molar-refractivity contribution in [1.82, 2.24) is 5.32 Å². The van der Waals surface area contributed by atoms with E-state index >= 15 is 0 Å². The third-order valence-electron chi connectivity index (χ3n) is 17.1. The molecule has 0 aromatic rings. The summed E-state index contributed by atoms with van der Waals surface area (Å²) in [7, 11) is 5.34. The van der Waals surface area contributed by atoms with E-state index in [2.05, 4.69) is 52.1 Å². The van der Waals surface area contributed by atoms with E-state index in [-0.39, 0.29) is 85.0 Å². The lowest BCUT2D eigenvalue weighted by atomic mass is 9.61. The van der Waals surface area contributed by atoms with Crippen LogP contribution >= 0.6 is 0 Å². The van der Waals surface area contributed by atoms with Crippen LogP contribution in [0.25, 0.3) is 0 Å². The summed E-state index contributed by atoms with van der Waals surface area (Å²) in [6.07, 6.45) is 7.76. The summed E-state index contributed by atoms with van der Waals surface area (Å²) in [6.45, 7) is 16.8. The second-order valence-electron chi connectivity index (χ2n) is 20.8. The van der Waals surface area contributed by atoms with Crippen molar-refractivity contribution >= 4 is 5.97 Å². The van der Waals surface area contributed by atoms with E-state index in [1.807, 2.05) is 33.0 Å². The predicted octanol–water partition coefficient (Wildman–Crippen LogP) is 5.60. The van der Waals surface area contributed by atoms with E-state index in [9.17, 15) is 15.0 Å². The first-order valence-corrected chi connectivity index (χ1v) is 24.5. The SMILES string of the molecule is CCC(C)C1OC2(C=CC1C)C[C@H]1OC(=O)[C@@H]3C=C(C)[C@@H](O)C4OC/C(=C\C=C5/C6CC1C(CC6=C(C)[C@@H](O[C@H]1C[C@@H](OC)[C@@H](O[C@H]6C[C@@H](OC)[C@H](NC)C(C)O6)C(C)O1)[C@H]5C)O2)C43O. The summed E-state index contributed by atoms with van der Waals surface area (Å²) in [5, 5.41) is 27.4. The van der Waals surface area contributed by atoms with Gasteiger partial charge in [-0.25, -0.2) is 0 Å². The first-order valence-electron chi connectivity index (χ1n) is 24.5. The van der Waals surface area contributed by atoms with Crippen molar-refractivity contribution < 1.29 is 62.4 Å². The summed E-state index contributed by atoms with van der Waals surface area (Å²) in [6, 6.07) is 0.0481. The van der Waals surface area contributed by atoms with Gasteiger partial charge in [0.05, 0.1) is 55.4 Å². The summed E-state index contributed by atoms with van der Waals surface area (Å²) >= 11 is 0. The zero-order chi connectivity index (χ0) is 46.3. The lowest BCUT2D eigenvalue weighted by Gasteiger charge is -2.55. The largest absolute Gasteiger partial charge is 0.461 e. The van der Waals surface area contributed by atoms with Gasteiger partial charge in [0.25, 0.3) is 0 Å². The van der Waals surface area contributed by atoms with Gasteiger partial charge in [0.2, 0.25) is 0 Å². The van der Waals surface area contributed by atoms with Crippen LogP contribution in [0.3, 0.4) is 0 Å². The molecule has 6 heterocycles. The topological polar surface area (TPSA) is 162 Å². The Morgan fingerprint density at radius 3 is 2.40 bits per heavy atom. The Kier molecular flexibility index (Phi) is 13.6. The molecule has 14 nitrogen and oxygen atoms in total. The highest BCUT2D eigenvalue weighted by molar-refractivity contribution is 5.78. The van der Waals surface area contributed by atoms with Crippen LogP contribution < -0.4 is 5.32 Å². The molecule has 5 fully saturated rings. The molecule has 1 spiro atoms. The molecule has 1 saturated carbocycles. The first kappa shape index (κ1) is 47.7. The molecule has 0 amide bonds. The predicted molar refractivity (Wildman–Crippen MR) is 239 cm³/mol. The van der Waals surface area contributed by atoms with Gasteiger partial charge in [0, 0.05) is 57.2 Å². The maximum absolute atomic E-state index is 14.7. The molecule has 65 heavy (non-hydrogen) atoms. The van der Waals surface area contributed by atoms with E-state index in [0.29, 0.717) is 43.3 Å². The number of esters is 1. The van der Waals surface area contributed by atoms with Gasteiger partial charge in [0.15, 0.2) is 18.4 Å². The lowest BCUT2D eigenvalue weighted by Crippen LogP contribution is -2.60. The Balaban J connectivity index is 1.06. The van der Waals surface area contributed by atoms with Crippen molar-refractivity contribution in [2.75, 3.05) is 27.9 Å². The molecular formula is C51H75NO13. The number of hydrogen-bond acceptors (Lipinski definition) is 14. The van der Waals surface area contributed by atoms with Crippen molar-refractivity contribution in [2.24, 2.45) is 35.5 Å². The molecule has 14 heteroatoms. The number of allylic oxidation sites excluding steroid dienone is 2. The Morgan fingerprint density at radius 2 is 1.68 bits per heavy atom. The number of likely N-dealkylation sites (N-methyl/N-ethyl adjacent to an activating group) is 1. The minimum absolute atomic E-state index is 0.00610. The molecule has 9 aliphatic rings. The maximum atomic E-state index is 14.7. The molecule has 2 bridgehead atoms. The quantitative estimate of drug-likeness (QED) is 0.194. The molecule has 0 aromatic heterocycles. The van der Waals surface area contributed by atoms with Crippen LogP contribution in [0.1, 0.15) is 93.9 Å². The van der Waals surface area contributed by atoms with Gasteiger partial charge < -0.3 is 62.9 Å². The highest BCUT2D eigenvalue weighted by Gasteiger charge is 2.62. The third-order valence-corrected chi connectivity index (χ3v) is 17.1. The molecule has 22 atom stereocenters. The fraction of sp³-hybridized carbons (Fsp3) is 0.784. The molecule has 3 aliphatic carbocycles.